The lowest BCUT2D eigenvalue weighted by atomic mass is 9.98. The van der Waals surface area contributed by atoms with E-state index in [-0.39, 0.29) is 11.9 Å². The zero-order valence-corrected chi connectivity index (χ0v) is 15.3. The molecule has 2 aromatic rings. The lowest BCUT2D eigenvalue weighted by Gasteiger charge is -2.22. The SMILES string of the molecule is CNC(c1cc(Cl)ccc1Br)c1cc(Br)c(F)cc1OC. The zero-order chi connectivity index (χ0) is 15.6. The molecule has 1 N–H and O–H groups in total. The Morgan fingerprint density at radius 3 is 2.48 bits per heavy atom. The Kier molecular flexibility index (Phi) is 5.66. The Balaban J connectivity index is 2.61. The molecule has 21 heavy (non-hydrogen) atoms. The Hall–Kier alpha value is -0.620. The van der Waals surface area contributed by atoms with Crippen molar-refractivity contribution in [2.24, 2.45) is 0 Å². The fraction of sp³-hybridized carbons (Fsp3) is 0.200. The van der Waals surface area contributed by atoms with Gasteiger partial charge in [-0.2, -0.15) is 0 Å². The largest absolute Gasteiger partial charge is 0.496 e. The van der Waals surface area contributed by atoms with E-state index >= 15 is 0 Å². The number of nitrogens with one attached hydrogen (secondary N) is 1. The summed E-state index contributed by atoms with van der Waals surface area (Å²) in [5.41, 5.74) is 1.76. The Labute approximate surface area is 144 Å². The van der Waals surface area contributed by atoms with Crippen molar-refractivity contribution >= 4 is 43.5 Å². The first-order valence-electron chi connectivity index (χ1n) is 6.13. The Bertz CT molecular complexity index is 666. The minimum atomic E-state index is -0.365. The third-order valence-corrected chi connectivity index (χ3v) is 4.71. The van der Waals surface area contributed by atoms with Crippen LogP contribution in [0, 0.1) is 5.82 Å². The van der Waals surface area contributed by atoms with Gasteiger partial charge in [0.15, 0.2) is 0 Å². The molecule has 0 aliphatic rings. The number of benzene rings is 2. The van der Waals surface area contributed by atoms with E-state index in [1.165, 1.54) is 13.2 Å². The molecule has 0 spiro atoms. The average Bonchev–Trinajstić information content (AvgIpc) is 2.46. The van der Waals surface area contributed by atoms with Gasteiger partial charge < -0.3 is 10.1 Å². The summed E-state index contributed by atoms with van der Waals surface area (Å²) in [5, 5.41) is 3.85. The highest BCUT2D eigenvalue weighted by Crippen LogP contribution is 2.37. The van der Waals surface area contributed by atoms with E-state index in [9.17, 15) is 4.39 Å². The van der Waals surface area contributed by atoms with Gasteiger partial charge in [-0.25, -0.2) is 4.39 Å². The molecule has 0 aromatic heterocycles. The van der Waals surface area contributed by atoms with Gasteiger partial charge >= 0.3 is 0 Å². The van der Waals surface area contributed by atoms with Crippen molar-refractivity contribution in [1.82, 2.24) is 5.32 Å². The van der Waals surface area contributed by atoms with Crippen molar-refractivity contribution < 1.29 is 9.13 Å². The van der Waals surface area contributed by atoms with Crippen LogP contribution >= 0.6 is 43.5 Å². The van der Waals surface area contributed by atoms with Gasteiger partial charge in [-0.15, -0.1) is 0 Å². The first kappa shape index (κ1) is 16.7. The maximum absolute atomic E-state index is 13.7. The van der Waals surface area contributed by atoms with Crippen molar-refractivity contribution in [3.05, 3.63) is 61.2 Å². The molecule has 0 heterocycles. The van der Waals surface area contributed by atoms with Crippen LogP contribution in [0.1, 0.15) is 17.2 Å². The van der Waals surface area contributed by atoms with Crippen LogP contribution in [0.2, 0.25) is 5.02 Å². The van der Waals surface area contributed by atoms with Crippen LogP contribution in [0.15, 0.2) is 39.3 Å². The van der Waals surface area contributed by atoms with Gasteiger partial charge in [-0.3, -0.25) is 0 Å². The number of halogens is 4. The van der Waals surface area contributed by atoms with Gasteiger partial charge in [0.1, 0.15) is 11.6 Å². The van der Waals surface area contributed by atoms with Crippen LogP contribution in [0.25, 0.3) is 0 Å². The number of hydrogen-bond acceptors (Lipinski definition) is 2. The van der Waals surface area contributed by atoms with Crippen LogP contribution < -0.4 is 10.1 Å². The second-order valence-corrected chi connectivity index (χ2v) is 6.54. The molecule has 112 valence electrons. The highest BCUT2D eigenvalue weighted by atomic mass is 79.9. The number of rotatable bonds is 4. The first-order valence-corrected chi connectivity index (χ1v) is 8.09. The lowest BCUT2D eigenvalue weighted by Crippen LogP contribution is -2.19. The molecule has 0 saturated heterocycles. The summed E-state index contributed by atoms with van der Waals surface area (Å²) in [6.07, 6.45) is 0. The lowest BCUT2D eigenvalue weighted by molar-refractivity contribution is 0.401. The summed E-state index contributed by atoms with van der Waals surface area (Å²) in [7, 11) is 3.35. The van der Waals surface area contributed by atoms with Crippen molar-refractivity contribution in [1.29, 1.82) is 0 Å². The molecule has 2 aromatic carbocycles. The molecule has 2 nitrogen and oxygen atoms in total. The second kappa shape index (κ2) is 7.09. The number of hydrogen-bond donors (Lipinski definition) is 1. The molecule has 0 bridgehead atoms. The maximum Gasteiger partial charge on any atom is 0.141 e. The van der Waals surface area contributed by atoms with E-state index in [1.54, 1.807) is 12.1 Å². The third-order valence-electron chi connectivity index (χ3n) is 3.14. The fourth-order valence-corrected chi connectivity index (χ4v) is 3.18. The van der Waals surface area contributed by atoms with Crippen molar-refractivity contribution in [3.63, 3.8) is 0 Å². The van der Waals surface area contributed by atoms with Gasteiger partial charge in [0.05, 0.1) is 17.6 Å². The van der Waals surface area contributed by atoms with E-state index in [0.717, 1.165) is 15.6 Å². The quantitative estimate of drug-likeness (QED) is 0.699. The fourth-order valence-electron chi connectivity index (χ4n) is 2.16. The van der Waals surface area contributed by atoms with Crippen LogP contribution in [0.3, 0.4) is 0 Å². The molecule has 2 rings (SSSR count). The third kappa shape index (κ3) is 3.59. The minimum absolute atomic E-state index is 0.190. The molecule has 0 radical (unpaired) electrons. The summed E-state index contributed by atoms with van der Waals surface area (Å²) in [6.45, 7) is 0. The molecular formula is C15H13Br2ClFNO. The van der Waals surface area contributed by atoms with Crippen molar-refractivity contribution in [3.8, 4) is 5.75 Å². The molecule has 0 saturated carbocycles. The molecular weight excluding hydrogens is 424 g/mol. The molecule has 0 aliphatic carbocycles. The number of ether oxygens (including phenoxy) is 1. The molecule has 0 fully saturated rings. The summed E-state index contributed by atoms with van der Waals surface area (Å²) in [4.78, 5) is 0. The van der Waals surface area contributed by atoms with E-state index in [1.807, 2.05) is 19.2 Å². The van der Waals surface area contributed by atoms with E-state index in [4.69, 9.17) is 16.3 Å². The highest BCUT2D eigenvalue weighted by molar-refractivity contribution is 9.10. The summed E-state index contributed by atoms with van der Waals surface area (Å²) < 4.78 is 20.3. The van der Waals surface area contributed by atoms with Crippen LogP contribution in [0.4, 0.5) is 4.39 Å². The Morgan fingerprint density at radius 2 is 1.86 bits per heavy atom. The Morgan fingerprint density at radius 1 is 1.14 bits per heavy atom. The highest BCUT2D eigenvalue weighted by Gasteiger charge is 2.21. The molecule has 1 atom stereocenters. The molecule has 0 aliphatic heterocycles. The predicted molar refractivity (Wildman–Crippen MR) is 90.7 cm³/mol. The summed E-state index contributed by atoms with van der Waals surface area (Å²) in [5.74, 6) is 0.109. The second-order valence-electron chi connectivity index (χ2n) is 4.40. The van der Waals surface area contributed by atoms with Gasteiger partial charge in [0.2, 0.25) is 0 Å². The monoisotopic (exact) mass is 435 g/mol. The molecule has 0 amide bonds. The van der Waals surface area contributed by atoms with Gasteiger partial charge in [0.25, 0.3) is 0 Å². The minimum Gasteiger partial charge on any atom is -0.496 e. The summed E-state index contributed by atoms with van der Waals surface area (Å²) in [6, 6.07) is 8.44. The maximum atomic E-state index is 13.7. The van der Waals surface area contributed by atoms with E-state index in [2.05, 4.69) is 37.2 Å². The summed E-state index contributed by atoms with van der Waals surface area (Å²) >= 11 is 12.8. The van der Waals surface area contributed by atoms with Gasteiger partial charge in [-0.1, -0.05) is 27.5 Å². The van der Waals surface area contributed by atoms with Crippen LogP contribution in [-0.2, 0) is 0 Å². The zero-order valence-electron chi connectivity index (χ0n) is 11.4. The normalized spacial score (nSPS) is 12.3. The van der Waals surface area contributed by atoms with E-state index < -0.39 is 0 Å². The van der Waals surface area contributed by atoms with Crippen molar-refractivity contribution in [2.75, 3.05) is 14.2 Å². The molecule has 6 heteroatoms. The van der Waals surface area contributed by atoms with Crippen LogP contribution in [-0.4, -0.2) is 14.2 Å². The average molecular weight is 438 g/mol. The van der Waals surface area contributed by atoms with Gasteiger partial charge in [0, 0.05) is 21.1 Å². The predicted octanol–water partition coefficient (Wildman–Crippen LogP) is 5.32. The van der Waals surface area contributed by atoms with Crippen molar-refractivity contribution in [2.45, 2.75) is 6.04 Å². The molecule has 1 unspecified atom stereocenters. The van der Waals surface area contributed by atoms with E-state index in [0.29, 0.717) is 15.2 Å². The van der Waals surface area contributed by atoms with Gasteiger partial charge in [-0.05, 0) is 52.8 Å². The standard InChI is InChI=1S/C15H13Br2ClFNO/c1-20-15(9-5-8(18)3-4-11(9)16)10-6-12(17)13(19)7-14(10)21-2/h3-7,15,20H,1-2H3. The first-order chi connectivity index (χ1) is 9.97. The number of methoxy groups -OCH3 is 1. The van der Waals surface area contributed by atoms with Crippen LogP contribution in [0.5, 0.6) is 5.75 Å². The smallest absolute Gasteiger partial charge is 0.141 e. The topological polar surface area (TPSA) is 21.3 Å².